The van der Waals surface area contributed by atoms with Crippen LogP contribution >= 0.6 is 0 Å². The van der Waals surface area contributed by atoms with E-state index in [0.717, 1.165) is 0 Å². The van der Waals surface area contributed by atoms with E-state index in [1.54, 1.807) is 37.4 Å². The summed E-state index contributed by atoms with van der Waals surface area (Å²) in [6.45, 7) is 6.11. The quantitative estimate of drug-likeness (QED) is 0.742. The zero-order valence-corrected chi connectivity index (χ0v) is 16.5. The molecule has 0 atom stereocenters. The van der Waals surface area contributed by atoms with Crippen molar-refractivity contribution in [3.8, 4) is 11.5 Å². The third-order valence-electron chi connectivity index (χ3n) is 4.42. The van der Waals surface area contributed by atoms with E-state index in [9.17, 15) is 9.59 Å². The van der Waals surface area contributed by atoms with E-state index < -0.39 is 0 Å². The largest absolute Gasteiger partial charge is 0.497 e. The Morgan fingerprint density at radius 1 is 1.00 bits per heavy atom. The number of amides is 2. The normalized spacial score (nSPS) is 14.1. The molecule has 0 spiro atoms. The first kappa shape index (κ1) is 19.5. The van der Waals surface area contributed by atoms with Crippen LogP contribution in [0.4, 0.5) is 5.69 Å². The van der Waals surface area contributed by atoms with E-state index in [4.69, 9.17) is 9.47 Å². The lowest BCUT2D eigenvalue weighted by Crippen LogP contribution is -2.38. The van der Waals surface area contributed by atoms with Crippen LogP contribution in [0.5, 0.6) is 11.5 Å². The summed E-state index contributed by atoms with van der Waals surface area (Å²) in [5.74, 6) is 0.721. The summed E-state index contributed by atoms with van der Waals surface area (Å²) < 4.78 is 10.7. The van der Waals surface area contributed by atoms with Gasteiger partial charge in [-0.15, -0.1) is 0 Å². The first-order chi connectivity index (χ1) is 13.5. The topological polar surface area (TPSA) is 67.9 Å². The van der Waals surface area contributed by atoms with Crippen molar-refractivity contribution < 1.29 is 19.1 Å². The van der Waals surface area contributed by atoms with Crippen LogP contribution in [0.15, 0.2) is 54.2 Å². The molecule has 0 unspecified atom stereocenters. The molecular formula is C22H24N2O4. The Hall–Kier alpha value is -3.28. The fourth-order valence-corrected chi connectivity index (χ4v) is 3.13. The van der Waals surface area contributed by atoms with E-state index in [-0.39, 0.29) is 23.6 Å². The van der Waals surface area contributed by atoms with Gasteiger partial charge in [0, 0.05) is 17.8 Å². The Kier molecular flexibility index (Phi) is 5.68. The highest BCUT2D eigenvalue weighted by Crippen LogP contribution is 2.33. The van der Waals surface area contributed by atoms with Crippen LogP contribution in [0.2, 0.25) is 0 Å². The Labute approximate surface area is 164 Å². The highest BCUT2D eigenvalue weighted by atomic mass is 16.5. The van der Waals surface area contributed by atoms with Crippen molar-refractivity contribution in [2.24, 2.45) is 0 Å². The molecule has 146 valence electrons. The SMILES string of the molecule is CCOc1ccc(C2=C(Nc3cccc(OC)c3)C(=O)N(C(C)C)C2=O)cc1. The molecule has 6 nitrogen and oxygen atoms in total. The fraction of sp³-hybridized carbons (Fsp3) is 0.273. The first-order valence-electron chi connectivity index (χ1n) is 9.22. The molecule has 0 saturated heterocycles. The third-order valence-corrected chi connectivity index (χ3v) is 4.42. The maximum absolute atomic E-state index is 13.0. The average molecular weight is 380 g/mol. The molecule has 2 aromatic rings. The summed E-state index contributed by atoms with van der Waals surface area (Å²) in [5.41, 5.74) is 1.94. The zero-order valence-electron chi connectivity index (χ0n) is 16.5. The number of benzene rings is 2. The van der Waals surface area contributed by atoms with E-state index in [1.165, 1.54) is 4.90 Å². The molecule has 1 aliphatic heterocycles. The molecule has 2 amide bonds. The fourth-order valence-electron chi connectivity index (χ4n) is 3.13. The Morgan fingerprint density at radius 3 is 2.32 bits per heavy atom. The third kappa shape index (κ3) is 3.71. The van der Waals surface area contributed by atoms with Crippen molar-refractivity contribution in [2.75, 3.05) is 19.0 Å². The Balaban J connectivity index is 2.05. The van der Waals surface area contributed by atoms with Gasteiger partial charge in [-0.2, -0.15) is 0 Å². The van der Waals surface area contributed by atoms with Crippen molar-refractivity contribution in [3.05, 3.63) is 59.8 Å². The minimum absolute atomic E-state index is 0.248. The molecule has 0 aromatic heterocycles. The van der Waals surface area contributed by atoms with Crippen molar-refractivity contribution in [3.63, 3.8) is 0 Å². The molecule has 3 rings (SSSR count). The van der Waals surface area contributed by atoms with Gasteiger partial charge in [0.15, 0.2) is 0 Å². The molecule has 2 aromatic carbocycles. The van der Waals surface area contributed by atoms with Crippen LogP contribution in [-0.2, 0) is 9.59 Å². The molecule has 0 saturated carbocycles. The van der Waals surface area contributed by atoms with Crippen molar-refractivity contribution in [2.45, 2.75) is 26.8 Å². The average Bonchev–Trinajstić information content (AvgIpc) is 2.93. The van der Waals surface area contributed by atoms with Gasteiger partial charge < -0.3 is 14.8 Å². The minimum Gasteiger partial charge on any atom is -0.497 e. The number of methoxy groups -OCH3 is 1. The lowest BCUT2D eigenvalue weighted by molar-refractivity contribution is -0.138. The monoisotopic (exact) mass is 380 g/mol. The standard InChI is InChI=1S/C22H24N2O4/c1-5-28-17-11-9-15(10-12-17)19-20(22(26)24(14(2)3)21(19)25)23-16-7-6-8-18(13-16)27-4/h6-14,23H,5H2,1-4H3. The zero-order chi connectivity index (χ0) is 20.3. The van der Waals surface area contributed by atoms with E-state index >= 15 is 0 Å². The van der Waals surface area contributed by atoms with Gasteiger partial charge in [-0.3, -0.25) is 14.5 Å². The Bertz CT molecular complexity index is 916. The number of ether oxygens (including phenoxy) is 2. The first-order valence-corrected chi connectivity index (χ1v) is 9.22. The van der Waals surface area contributed by atoms with Gasteiger partial charge in [0.25, 0.3) is 11.8 Å². The minimum atomic E-state index is -0.341. The number of nitrogens with zero attached hydrogens (tertiary/aromatic N) is 1. The van der Waals surface area contributed by atoms with Crippen molar-refractivity contribution >= 4 is 23.1 Å². The van der Waals surface area contributed by atoms with Crippen LogP contribution in [0.1, 0.15) is 26.3 Å². The highest BCUT2D eigenvalue weighted by Gasteiger charge is 2.40. The van der Waals surface area contributed by atoms with Gasteiger partial charge in [0.1, 0.15) is 17.2 Å². The summed E-state index contributed by atoms with van der Waals surface area (Å²) in [4.78, 5) is 27.3. The molecule has 1 N–H and O–H groups in total. The van der Waals surface area contributed by atoms with Gasteiger partial charge in [0.05, 0.1) is 19.3 Å². The molecule has 1 heterocycles. The maximum Gasteiger partial charge on any atom is 0.278 e. The predicted octanol–water partition coefficient (Wildman–Crippen LogP) is 3.69. The molecule has 0 aliphatic carbocycles. The van der Waals surface area contributed by atoms with E-state index in [2.05, 4.69) is 5.32 Å². The number of nitrogens with one attached hydrogen (secondary N) is 1. The van der Waals surface area contributed by atoms with Crippen molar-refractivity contribution in [1.82, 2.24) is 4.90 Å². The molecule has 6 heteroatoms. The second kappa shape index (κ2) is 8.17. The second-order valence-electron chi connectivity index (χ2n) is 6.64. The van der Waals surface area contributed by atoms with Crippen LogP contribution in [0.25, 0.3) is 5.57 Å². The number of hydrogen-bond donors (Lipinski definition) is 1. The molecular weight excluding hydrogens is 356 g/mol. The van der Waals surface area contributed by atoms with Gasteiger partial charge in [-0.25, -0.2) is 0 Å². The molecule has 0 bridgehead atoms. The number of rotatable bonds is 7. The lowest BCUT2D eigenvalue weighted by Gasteiger charge is -2.19. The predicted molar refractivity (Wildman–Crippen MR) is 108 cm³/mol. The highest BCUT2D eigenvalue weighted by molar-refractivity contribution is 6.36. The van der Waals surface area contributed by atoms with Crippen LogP contribution < -0.4 is 14.8 Å². The summed E-state index contributed by atoms with van der Waals surface area (Å²) in [5, 5.41) is 3.13. The van der Waals surface area contributed by atoms with Gasteiger partial charge in [-0.05, 0) is 50.6 Å². The molecule has 28 heavy (non-hydrogen) atoms. The second-order valence-corrected chi connectivity index (χ2v) is 6.64. The number of anilines is 1. The van der Waals surface area contributed by atoms with Gasteiger partial charge >= 0.3 is 0 Å². The summed E-state index contributed by atoms with van der Waals surface area (Å²) in [6, 6.07) is 14.2. The van der Waals surface area contributed by atoms with Crippen LogP contribution in [0.3, 0.4) is 0 Å². The van der Waals surface area contributed by atoms with Gasteiger partial charge in [-0.1, -0.05) is 18.2 Å². The summed E-state index contributed by atoms with van der Waals surface area (Å²) in [6.07, 6.45) is 0. The molecule has 0 radical (unpaired) electrons. The molecule has 0 fully saturated rings. The number of carbonyl (C=O) groups excluding carboxylic acids is 2. The smallest absolute Gasteiger partial charge is 0.278 e. The van der Waals surface area contributed by atoms with Crippen LogP contribution in [0, 0.1) is 0 Å². The number of carbonyl (C=O) groups is 2. The number of imide groups is 1. The summed E-state index contributed by atoms with van der Waals surface area (Å²) in [7, 11) is 1.58. The van der Waals surface area contributed by atoms with Gasteiger partial charge in [0.2, 0.25) is 0 Å². The number of hydrogen-bond acceptors (Lipinski definition) is 5. The van der Waals surface area contributed by atoms with E-state index in [1.807, 2.05) is 39.0 Å². The van der Waals surface area contributed by atoms with Crippen LogP contribution in [-0.4, -0.2) is 36.5 Å². The molecule has 1 aliphatic rings. The Morgan fingerprint density at radius 2 is 1.71 bits per heavy atom. The lowest BCUT2D eigenvalue weighted by atomic mass is 10.0. The van der Waals surface area contributed by atoms with E-state index in [0.29, 0.717) is 34.9 Å². The maximum atomic E-state index is 13.0. The summed E-state index contributed by atoms with van der Waals surface area (Å²) >= 11 is 0. The van der Waals surface area contributed by atoms with Crippen molar-refractivity contribution in [1.29, 1.82) is 0 Å².